The van der Waals surface area contributed by atoms with Gasteiger partial charge in [0.25, 0.3) is 5.56 Å². The zero-order valence-electron chi connectivity index (χ0n) is 13.7. The minimum absolute atomic E-state index is 0.00139. The van der Waals surface area contributed by atoms with Gasteiger partial charge in [0.15, 0.2) is 0 Å². The molecule has 0 saturated heterocycles. The van der Waals surface area contributed by atoms with Crippen LogP contribution in [0.5, 0.6) is 5.75 Å². The lowest BCUT2D eigenvalue weighted by Gasteiger charge is -2.09. The number of aromatic amines is 1. The average Bonchev–Trinajstić information content (AvgIpc) is 2.64. The highest BCUT2D eigenvalue weighted by Crippen LogP contribution is 2.15. The van der Waals surface area contributed by atoms with Gasteiger partial charge >= 0.3 is 11.7 Å². The van der Waals surface area contributed by atoms with Gasteiger partial charge in [-0.25, -0.2) is 9.36 Å². The Bertz CT molecular complexity index is 1020. The van der Waals surface area contributed by atoms with Crippen LogP contribution in [0.15, 0.2) is 70.4 Å². The first-order valence-electron chi connectivity index (χ1n) is 7.87. The van der Waals surface area contributed by atoms with Gasteiger partial charge in [0.1, 0.15) is 12.4 Å². The van der Waals surface area contributed by atoms with Crippen LogP contribution in [0.2, 0.25) is 0 Å². The fourth-order valence-electron chi connectivity index (χ4n) is 2.47. The third kappa shape index (κ3) is 3.89. The van der Waals surface area contributed by atoms with Gasteiger partial charge in [-0.2, -0.15) is 0 Å². The molecule has 132 valence electrons. The van der Waals surface area contributed by atoms with E-state index in [1.807, 2.05) is 30.3 Å². The number of ether oxygens (including phenoxy) is 1. The number of carboxylic acids is 1. The van der Waals surface area contributed by atoms with Crippen LogP contribution in [0.1, 0.15) is 11.1 Å². The maximum atomic E-state index is 12.4. The summed E-state index contributed by atoms with van der Waals surface area (Å²) >= 11 is 0. The average molecular weight is 352 g/mol. The number of rotatable bonds is 6. The zero-order chi connectivity index (χ0) is 18.5. The molecule has 3 aromatic rings. The van der Waals surface area contributed by atoms with Crippen LogP contribution < -0.4 is 16.0 Å². The number of hydrogen-bond acceptors (Lipinski definition) is 4. The molecule has 7 nitrogen and oxygen atoms in total. The SMILES string of the molecule is O=C(O)Cc1c[nH]c(=O)n(-c2ccc(OCc3ccccc3)cc2)c1=O. The van der Waals surface area contributed by atoms with Crippen LogP contribution in [0, 0.1) is 0 Å². The van der Waals surface area contributed by atoms with Crippen LogP contribution in [-0.4, -0.2) is 20.6 Å². The minimum Gasteiger partial charge on any atom is -0.489 e. The van der Waals surface area contributed by atoms with Gasteiger partial charge in [-0.1, -0.05) is 30.3 Å². The monoisotopic (exact) mass is 352 g/mol. The van der Waals surface area contributed by atoms with Crippen LogP contribution in [-0.2, 0) is 17.8 Å². The Morgan fingerprint density at radius 1 is 1.04 bits per heavy atom. The molecular formula is C19H16N2O5. The number of nitrogens with one attached hydrogen (secondary N) is 1. The van der Waals surface area contributed by atoms with E-state index in [1.165, 1.54) is 0 Å². The molecule has 0 radical (unpaired) electrons. The molecule has 0 unspecified atom stereocenters. The van der Waals surface area contributed by atoms with Gasteiger partial charge in [0.05, 0.1) is 12.1 Å². The van der Waals surface area contributed by atoms with E-state index in [4.69, 9.17) is 9.84 Å². The lowest BCUT2D eigenvalue weighted by molar-refractivity contribution is -0.136. The second-order valence-corrected chi connectivity index (χ2v) is 5.60. The fourth-order valence-corrected chi connectivity index (χ4v) is 2.47. The lowest BCUT2D eigenvalue weighted by Crippen LogP contribution is -2.36. The Hall–Kier alpha value is -3.61. The summed E-state index contributed by atoms with van der Waals surface area (Å²) in [6.07, 6.45) is 0.667. The molecule has 1 heterocycles. The van der Waals surface area contributed by atoms with Crippen molar-refractivity contribution in [3.05, 3.63) is 92.8 Å². The summed E-state index contributed by atoms with van der Waals surface area (Å²) in [6.45, 7) is 0.398. The molecule has 0 bridgehead atoms. The zero-order valence-corrected chi connectivity index (χ0v) is 13.7. The fraction of sp³-hybridized carbons (Fsp3) is 0.105. The predicted octanol–water partition coefficient (Wildman–Crippen LogP) is 1.73. The van der Waals surface area contributed by atoms with Crippen LogP contribution in [0.3, 0.4) is 0 Å². The molecule has 0 spiro atoms. The predicted molar refractivity (Wildman–Crippen MR) is 94.8 cm³/mol. The van der Waals surface area contributed by atoms with E-state index in [-0.39, 0.29) is 5.56 Å². The van der Waals surface area contributed by atoms with Gasteiger partial charge in [-0.05, 0) is 29.8 Å². The highest BCUT2D eigenvalue weighted by molar-refractivity contribution is 5.69. The van der Waals surface area contributed by atoms with Gasteiger partial charge in [-0.15, -0.1) is 0 Å². The Kier molecular flexibility index (Phi) is 4.98. The first-order valence-corrected chi connectivity index (χ1v) is 7.87. The van der Waals surface area contributed by atoms with Crippen LogP contribution in [0.4, 0.5) is 0 Å². The number of benzene rings is 2. The maximum Gasteiger partial charge on any atom is 0.332 e. The maximum absolute atomic E-state index is 12.4. The molecule has 0 aliphatic rings. The summed E-state index contributed by atoms with van der Waals surface area (Å²) in [5.74, 6) is -0.561. The van der Waals surface area contributed by atoms with E-state index in [0.717, 1.165) is 16.3 Å². The number of H-pyrrole nitrogens is 1. The second-order valence-electron chi connectivity index (χ2n) is 5.60. The van der Waals surface area contributed by atoms with Gasteiger partial charge in [0.2, 0.25) is 0 Å². The molecular weight excluding hydrogens is 336 g/mol. The summed E-state index contributed by atoms with van der Waals surface area (Å²) in [7, 11) is 0. The first-order chi connectivity index (χ1) is 12.5. The highest BCUT2D eigenvalue weighted by Gasteiger charge is 2.12. The van der Waals surface area contributed by atoms with Gasteiger partial charge in [-0.3, -0.25) is 9.59 Å². The summed E-state index contributed by atoms with van der Waals surface area (Å²) in [5, 5.41) is 8.85. The lowest BCUT2D eigenvalue weighted by atomic mass is 10.2. The Balaban J connectivity index is 1.83. The van der Waals surface area contributed by atoms with Crippen molar-refractivity contribution in [2.75, 3.05) is 0 Å². The van der Waals surface area contributed by atoms with Crippen molar-refractivity contribution in [2.45, 2.75) is 13.0 Å². The van der Waals surface area contributed by atoms with E-state index in [9.17, 15) is 14.4 Å². The molecule has 1 aromatic heterocycles. The molecule has 3 rings (SSSR count). The number of aromatic nitrogens is 2. The highest BCUT2D eigenvalue weighted by atomic mass is 16.5. The van der Waals surface area contributed by atoms with Crippen molar-refractivity contribution in [3.63, 3.8) is 0 Å². The number of carboxylic acid groups (broad SMARTS) is 1. The Morgan fingerprint density at radius 2 is 1.73 bits per heavy atom. The quantitative estimate of drug-likeness (QED) is 0.703. The number of carbonyl (C=O) groups is 1. The third-order valence-electron chi connectivity index (χ3n) is 3.74. The molecule has 0 fully saturated rings. The van der Waals surface area contributed by atoms with E-state index in [2.05, 4.69) is 4.98 Å². The molecule has 2 aromatic carbocycles. The van der Waals surface area contributed by atoms with Crippen molar-refractivity contribution >= 4 is 5.97 Å². The summed E-state index contributed by atoms with van der Waals surface area (Å²) in [4.78, 5) is 37.6. The smallest absolute Gasteiger partial charge is 0.332 e. The largest absolute Gasteiger partial charge is 0.489 e. The third-order valence-corrected chi connectivity index (χ3v) is 3.74. The molecule has 2 N–H and O–H groups in total. The first kappa shape index (κ1) is 17.2. The van der Waals surface area contributed by atoms with Crippen molar-refractivity contribution < 1.29 is 14.6 Å². The van der Waals surface area contributed by atoms with Crippen molar-refractivity contribution in [3.8, 4) is 11.4 Å². The van der Waals surface area contributed by atoms with E-state index < -0.39 is 23.6 Å². The summed E-state index contributed by atoms with van der Waals surface area (Å²) < 4.78 is 6.57. The van der Waals surface area contributed by atoms with E-state index in [0.29, 0.717) is 18.0 Å². The summed E-state index contributed by atoms with van der Waals surface area (Å²) in [6, 6.07) is 16.1. The minimum atomic E-state index is -1.15. The second kappa shape index (κ2) is 7.52. The Labute approximate surface area is 148 Å². The van der Waals surface area contributed by atoms with E-state index in [1.54, 1.807) is 24.3 Å². The number of aliphatic carboxylic acids is 1. The van der Waals surface area contributed by atoms with Gasteiger partial charge in [0, 0.05) is 11.8 Å². The van der Waals surface area contributed by atoms with Crippen LogP contribution >= 0.6 is 0 Å². The van der Waals surface area contributed by atoms with Crippen molar-refractivity contribution in [2.24, 2.45) is 0 Å². The molecule has 0 aliphatic carbocycles. The number of nitrogens with zero attached hydrogens (tertiary/aromatic N) is 1. The topological polar surface area (TPSA) is 101 Å². The molecule has 0 aliphatic heterocycles. The van der Waals surface area contributed by atoms with Crippen molar-refractivity contribution in [1.82, 2.24) is 9.55 Å². The molecule has 0 amide bonds. The standard InChI is InChI=1S/C19H16N2O5/c22-17(23)10-14-11-20-19(25)21(18(14)24)15-6-8-16(9-7-15)26-12-13-4-2-1-3-5-13/h1-9,11H,10,12H2,(H,20,25)(H,22,23). The molecule has 7 heteroatoms. The summed E-state index contributed by atoms with van der Waals surface area (Å²) in [5.41, 5.74) is 0.0545. The normalized spacial score (nSPS) is 10.5. The number of hydrogen-bond donors (Lipinski definition) is 2. The van der Waals surface area contributed by atoms with E-state index >= 15 is 0 Å². The molecule has 0 saturated carbocycles. The molecule has 26 heavy (non-hydrogen) atoms. The van der Waals surface area contributed by atoms with Gasteiger partial charge < -0.3 is 14.8 Å². The van der Waals surface area contributed by atoms with Crippen molar-refractivity contribution in [1.29, 1.82) is 0 Å². The Morgan fingerprint density at radius 3 is 2.38 bits per heavy atom. The molecule has 0 atom stereocenters. The van der Waals surface area contributed by atoms with Crippen LogP contribution in [0.25, 0.3) is 5.69 Å².